The van der Waals surface area contributed by atoms with Crippen LogP contribution in [0.5, 0.6) is 0 Å². The standard InChI is InChI=1S/C26H33F2N7/c1-3-32-8-10-34(11-9-32)23-4-6-33(7-5-23)24-13-19(2)12-22(17-24)30-26-29-18-35(31-26)25-15-20(27)14-21(28)16-25/h12-18,23H,3-11H2,1-2H3,(H,30,31). The fourth-order valence-electron chi connectivity index (χ4n) is 5.20. The molecule has 5 rings (SSSR count). The van der Waals surface area contributed by atoms with Gasteiger partial charge in [0.25, 0.3) is 0 Å². The third-order valence-electron chi connectivity index (χ3n) is 7.12. The summed E-state index contributed by atoms with van der Waals surface area (Å²) in [5, 5.41) is 7.59. The number of piperazine rings is 1. The zero-order valence-corrected chi connectivity index (χ0v) is 20.4. The monoisotopic (exact) mass is 481 g/mol. The molecular weight excluding hydrogens is 448 g/mol. The summed E-state index contributed by atoms with van der Waals surface area (Å²) >= 11 is 0. The maximum absolute atomic E-state index is 13.6. The van der Waals surface area contributed by atoms with Gasteiger partial charge in [-0.2, -0.15) is 4.98 Å². The molecule has 7 nitrogen and oxygen atoms in total. The van der Waals surface area contributed by atoms with E-state index in [1.165, 1.54) is 67.8 Å². The van der Waals surface area contributed by atoms with Crippen LogP contribution < -0.4 is 10.2 Å². The highest BCUT2D eigenvalue weighted by atomic mass is 19.1. The molecule has 0 spiro atoms. The lowest BCUT2D eigenvalue weighted by molar-refractivity contribution is 0.0878. The molecule has 0 aliphatic carbocycles. The number of hydrogen-bond donors (Lipinski definition) is 1. The van der Waals surface area contributed by atoms with E-state index in [2.05, 4.69) is 56.1 Å². The van der Waals surface area contributed by atoms with Gasteiger partial charge in [-0.1, -0.05) is 6.92 Å². The van der Waals surface area contributed by atoms with Gasteiger partial charge in [0.2, 0.25) is 5.95 Å². The predicted octanol–water partition coefficient (Wildman–Crippen LogP) is 4.20. The number of nitrogens with one attached hydrogen (secondary N) is 1. The van der Waals surface area contributed by atoms with E-state index in [1.54, 1.807) is 0 Å². The first-order chi connectivity index (χ1) is 17.0. The van der Waals surface area contributed by atoms with Crippen LogP contribution in [0.4, 0.5) is 26.1 Å². The Morgan fingerprint density at radius 2 is 1.60 bits per heavy atom. The zero-order chi connectivity index (χ0) is 24.4. The fourth-order valence-corrected chi connectivity index (χ4v) is 5.20. The highest BCUT2D eigenvalue weighted by Crippen LogP contribution is 2.28. The fraction of sp³-hybridized carbons (Fsp3) is 0.462. The molecule has 0 radical (unpaired) electrons. The minimum Gasteiger partial charge on any atom is -0.371 e. The maximum atomic E-state index is 13.6. The van der Waals surface area contributed by atoms with Crippen molar-refractivity contribution in [3.8, 4) is 5.69 Å². The van der Waals surface area contributed by atoms with Crippen LogP contribution in [0.1, 0.15) is 25.3 Å². The molecule has 35 heavy (non-hydrogen) atoms. The Bertz CT molecular complexity index is 1130. The summed E-state index contributed by atoms with van der Waals surface area (Å²) in [6.45, 7) is 12.3. The van der Waals surface area contributed by atoms with Gasteiger partial charge in [-0.05, 0) is 62.2 Å². The Morgan fingerprint density at radius 1 is 0.886 bits per heavy atom. The van der Waals surface area contributed by atoms with Crippen LogP contribution in [0.2, 0.25) is 0 Å². The van der Waals surface area contributed by atoms with Crippen molar-refractivity contribution < 1.29 is 8.78 Å². The Labute approximate surface area is 205 Å². The quantitative estimate of drug-likeness (QED) is 0.570. The van der Waals surface area contributed by atoms with Gasteiger partial charge in [0, 0.05) is 62.8 Å². The lowest BCUT2D eigenvalue weighted by Crippen LogP contribution is -2.53. The molecular formula is C26H33F2N7. The largest absolute Gasteiger partial charge is 0.371 e. The van der Waals surface area contributed by atoms with Gasteiger partial charge in [0.15, 0.2) is 0 Å². The SMILES string of the molecule is CCN1CCN(C2CCN(c3cc(C)cc(Nc4ncn(-c5cc(F)cc(F)c5)n4)c3)CC2)CC1. The van der Waals surface area contributed by atoms with Crippen LogP contribution >= 0.6 is 0 Å². The minimum absolute atomic E-state index is 0.284. The molecule has 3 aromatic rings. The highest BCUT2D eigenvalue weighted by Gasteiger charge is 2.27. The lowest BCUT2D eigenvalue weighted by atomic mass is 10.0. The van der Waals surface area contributed by atoms with Crippen LogP contribution in [0.3, 0.4) is 0 Å². The number of piperidine rings is 1. The Hall–Kier alpha value is -3.04. The summed E-state index contributed by atoms with van der Waals surface area (Å²) in [5.41, 5.74) is 3.51. The van der Waals surface area contributed by atoms with Gasteiger partial charge in [-0.25, -0.2) is 13.5 Å². The van der Waals surface area contributed by atoms with E-state index in [-0.39, 0.29) is 5.69 Å². The van der Waals surface area contributed by atoms with Crippen molar-refractivity contribution in [3.05, 3.63) is 59.9 Å². The van der Waals surface area contributed by atoms with Crippen LogP contribution in [-0.4, -0.2) is 76.4 Å². The number of nitrogens with zero attached hydrogens (tertiary/aromatic N) is 6. The van der Waals surface area contributed by atoms with Crippen molar-refractivity contribution in [2.75, 3.05) is 56.0 Å². The van der Waals surface area contributed by atoms with E-state index in [9.17, 15) is 8.78 Å². The summed E-state index contributed by atoms with van der Waals surface area (Å²) in [6.07, 6.45) is 3.80. The number of likely N-dealkylation sites (N-methyl/N-ethyl adjacent to an activating group) is 1. The summed E-state index contributed by atoms with van der Waals surface area (Å²) in [4.78, 5) is 11.9. The van der Waals surface area contributed by atoms with Crippen molar-refractivity contribution in [1.82, 2.24) is 24.6 Å². The lowest BCUT2D eigenvalue weighted by Gasteiger charge is -2.43. The van der Waals surface area contributed by atoms with Crippen molar-refractivity contribution in [2.45, 2.75) is 32.7 Å². The molecule has 9 heteroatoms. The van der Waals surface area contributed by atoms with E-state index in [0.717, 1.165) is 37.0 Å². The second-order valence-corrected chi connectivity index (χ2v) is 9.51. The first-order valence-corrected chi connectivity index (χ1v) is 12.4. The number of rotatable bonds is 6. The van der Waals surface area contributed by atoms with E-state index in [1.807, 2.05) is 6.07 Å². The van der Waals surface area contributed by atoms with Crippen LogP contribution in [0.25, 0.3) is 5.69 Å². The van der Waals surface area contributed by atoms with Crippen molar-refractivity contribution in [3.63, 3.8) is 0 Å². The average molecular weight is 482 g/mol. The van der Waals surface area contributed by atoms with Crippen molar-refractivity contribution in [1.29, 1.82) is 0 Å². The summed E-state index contributed by atoms with van der Waals surface area (Å²) in [5.74, 6) is -0.934. The van der Waals surface area contributed by atoms with E-state index in [4.69, 9.17) is 0 Å². The van der Waals surface area contributed by atoms with Crippen LogP contribution in [0, 0.1) is 18.6 Å². The molecule has 2 aromatic carbocycles. The first-order valence-electron chi connectivity index (χ1n) is 12.4. The Morgan fingerprint density at radius 3 is 2.29 bits per heavy atom. The van der Waals surface area contributed by atoms with Crippen molar-refractivity contribution >= 4 is 17.3 Å². The molecule has 2 aliphatic rings. The number of hydrogen-bond acceptors (Lipinski definition) is 6. The van der Waals surface area contributed by atoms with E-state index < -0.39 is 11.6 Å². The Balaban J connectivity index is 1.23. The normalized spacial score (nSPS) is 18.2. The van der Waals surface area contributed by atoms with Gasteiger partial charge in [-0.15, -0.1) is 5.10 Å². The molecule has 1 aromatic heterocycles. The number of anilines is 3. The van der Waals surface area contributed by atoms with Crippen LogP contribution in [-0.2, 0) is 0 Å². The topological polar surface area (TPSA) is 52.5 Å². The van der Waals surface area contributed by atoms with Gasteiger partial charge < -0.3 is 15.1 Å². The molecule has 186 valence electrons. The highest BCUT2D eigenvalue weighted by molar-refractivity contribution is 5.64. The molecule has 0 bridgehead atoms. The first kappa shape index (κ1) is 23.7. The molecule has 2 saturated heterocycles. The molecule has 0 saturated carbocycles. The van der Waals surface area contributed by atoms with Gasteiger partial charge in [-0.3, -0.25) is 4.90 Å². The average Bonchev–Trinajstić information content (AvgIpc) is 3.32. The third kappa shape index (κ3) is 5.62. The van der Waals surface area contributed by atoms with Gasteiger partial charge in [0.05, 0.1) is 5.69 Å². The summed E-state index contributed by atoms with van der Waals surface area (Å²) in [7, 11) is 0. The second-order valence-electron chi connectivity index (χ2n) is 9.51. The van der Waals surface area contributed by atoms with E-state index in [0.29, 0.717) is 12.0 Å². The third-order valence-corrected chi connectivity index (χ3v) is 7.12. The Kier molecular flexibility index (Phi) is 6.97. The van der Waals surface area contributed by atoms with Crippen molar-refractivity contribution in [2.24, 2.45) is 0 Å². The minimum atomic E-state index is -0.652. The smallest absolute Gasteiger partial charge is 0.246 e. The molecule has 0 atom stereocenters. The zero-order valence-electron chi connectivity index (χ0n) is 20.4. The second kappa shape index (κ2) is 10.3. The van der Waals surface area contributed by atoms with Crippen LogP contribution in [0.15, 0.2) is 42.7 Å². The molecule has 1 N–H and O–H groups in total. The van der Waals surface area contributed by atoms with Gasteiger partial charge in [0.1, 0.15) is 18.0 Å². The number of aromatic nitrogens is 3. The number of benzene rings is 2. The summed E-state index contributed by atoms with van der Waals surface area (Å²) in [6, 6.07) is 10.3. The molecule has 3 heterocycles. The molecule has 2 fully saturated rings. The molecule has 2 aliphatic heterocycles. The summed E-state index contributed by atoms with van der Waals surface area (Å²) < 4.78 is 28.5. The molecule has 0 unspecified atom stereocenters. The van der Waals surface area contributed by atoms with Gasteiger partial charge >= 0.3 is 0 Å². The number of halogens is 2. The predicted molar refractivity (Wildman–Crippen MR) is 135 cm³/mol. The molecule has 0 amide bonds. The maximum Gasteiger partial charge on any atom is 0.246 e. The van der Waals surface area contributed by atoms with E-state index >= 15 is 0 Å². The number of aryl methyl sites for hydroxylation is 1.